The van der Waals surface area contributed by atoms with E-state index in [-0.39, 0.29) is 0 Å². The number of hydrogen-bond acceptors (Lipinski definition) is 1. The first-order chi connectivity index (χ1) is 14.8. The molecule has 0 amide bonds. The smallest absolute Gasteiger partial charge is 0.0705 e. The van der Waals surface area contributed by atoms with E-state index in [4.69, 9.17) is 4.98 Å². The average molecular weight is 490 g/mol. The maximum Gasteiger partial charge on any atom is 0.0705 e. The van der Waals surface area contributed by atoms with Crippen LogP contribution < -0.4 is 5.19 Å². The summed E-state index contributed by atoms with van der Waals surface area (Å²) in [6.45, 7) is 22.3. The Hall–Kier alpha value is -1.54. The van der Waals surface area contributed by atoms with Crippen LogP contribution in [0.3, 0.4) is 0 Å². The SMILES string of the molecule is C[Si](C)(C)[Si](c1ccc(-c2cccc3c2Cc2ccccc2-3)nc1)([Si](C)(C)C)[Si](C)(C)C. The molecule has 0 atom stereocenters. The highest BCUT2D eigenvalue weighted by molar-refractivity contribution is 7.92. The molecule has 5 heteroatoms. The quantitative estimate of drug-likeness (QED) is 0.269. The minimum atomic E-state index is -1.62. The number of fused-ring (bicyclic) bond motifs is 3. The van der Waals surface area contributed by atoms with Gasteiger partial charge in [-0.3, -0.25) is 4.98 Å². The van der Waals surface area contributed by atoms with Gasteiger partial charge in [0.05, 0.1) is 12.3 Å². The van der Waals surface area contributed by atoms with Crippen LogP contribution in [0.25, 0.3) is 22.4 Å². The van der Waals surface area contributed by atoms with E-state index in [9.17, 15) is 0 Å². The van der Waals surface area contributed by atoms with Crippen molar-refractivity contribution < 1.29 is 0 Å². The van der Waals surface area contributed by atoms with Crippen LogP contribution in [-0.4, -0.2) is 34.4 Å². The van der Waals surface area contributed by atoms with Gasteiger partial charge in [0.25, 0.3) is 0 Å². The zero-order chi connectivity index (χ0) is 23.5. The highest BCUT2D eigenvalue weighted by atomic mass is 29.9. The van der Waals surface area contributed by atoms with E-state index in [0.29, 0.717) is 0 Å². The molecule has 1 aromatic heterocycles. The van der Waals surface area contributed by atoms with Gasteiger partial charge < -0.3 is 0 Å². The van der Waals surface area contributed by atoms with Crippen molar-refractivity contribution >= 4 is 34.6 Å². The van der Waals surface area contributed by atoms with Gasteiger partial charge in [-0.25, -0.2) is 0 Å². The van der Waals surface area contributed by atoms with Crippen LogP contribution in [0.1, 0.15) is 11.1 Å². The van der Waals surface area contributed by atoms with Crippen LogP contribution in [0.5, 0.6) is 0 Å². The molecule has 1 aliphatic rings. The van der Waals surface area contributed by atoms with Crippen LogP contribution in [-0.2, 0) is 6.42 Å². The first kappa shape index (κ1) is 23.6. The number of nitrogens with zero attached hydrogens (tertiary/aromatic N) is 1. The molecule has 0 unspecified atom stereocenters. The average Bonchev–Trinajstić information content (AvgIpc) is 3.04. The van der Waals surface area contributed by atoms with Gasteiger partial charge in [0.2, 0.25) is 0 Å². The summed E-state index contributed by atoms with van der Waals surface area (Å²) < 4.78 is 0. The number of rotatable bonds is 5. The lowest BCUT2D eigenvalue weighted by molar-refractivity contribution is 1.24. The molecule has 1 nitrogen and oxygen atoms in total. The van der Waals surface area contributed by atoms with E-state index >= 15 is 0 Å². The molecule has 0 saturated carbocycles. The van der Waals surface area contributed by atoms with Crippen molar-refractivity contribution in [3.05, 3.63) is 71.9 Å². The standard InChI is InChI=1S/C27H39NSi4/c1-29(2,3)32(30(4,5)6,31(7,8)9)22-17-18-27(28-20-22)25-16-12-15-24-23-14-11-10-13-21(23)19-26(24)25/h10-18,20H,19H2,1-9H3. The Morgan fingerprint density at radius 3 is 1.72 bits per heavy atom. The molecule has 0 saturated heterocycles. The molecule has 168 valence electrons. The number of benzene rings is 2. The highest BCUT2D eigenvalue weighted by Gasteiger charge is 2.62. The Balaban J connectivity index is 1.84. The lowest BCUT2D eigenvalue weighted by Gasteiger charge is -2.57. The second-order valence-corrected chi connectivity index (χ2v) is 52.9. The Kier molecular flexibility index (Phi) is 5.72. The second-order valence-electron chi connectivity index (χ2n) is 12.6. The molecule has 2 aromatic carbocycles. The summed E-state index contributed by atoms with van der Waals surface area (Å²) in [5.74, 6) is 0. The maximum atomic E-state index is 5.20. The molecule has 0 radical (unpaired) electrons. The van der Waals surface area contributed by atoms with E-state index in [1.165, 1.54) is 27.8 Å². The third kappa shape index (κ3) is 3.49. The Bertz CT molecular complexity index is 1110. The molecular weight excluding hydrogens is 451 g/mol. The zero-order valence-electron chi connectivity index (χ0n) is 21.4. The molecule has 0 spiro atoms. The van der Waals surface area contributed by atoms with Crippen molar-refractivity contribution in [2.24, 2.45) is 0 Å². The summed E-state index contributed by atoms with van der Waals surface area (Å²) in [6.07, 6.45) is 3.35. The predicted octanol–water partition coefficient (Wildman–Crippen LogP) is 7.23. The largest absolute Gasteiger partial charge is 0.256 e. The summed E-state index contributed by atoms with van der Waals surface area (Å²) in [7, 11) is -4.15. The van der Waals surface area contributed by atoms with Crippen LogP contribution in [0.2, 0.25) is 58.9 Å². The Morgan fingerprint density at radius 1 is 0.594 bits per heavy atom. The van der Waals surface area contributed by atoms with Gasteiger partial charge in [-0.15, -0.1) is 0 Å². The summed E-state index contributed by atoms with van der Waals surface area (Å²) in [5, 5.41) is 1.66. The molecule has 0 fully saturated rings. The molecule has 1 aliphatic carbocycles. The third-order valence-electron chi connectivity index (χ3n) is 7.70. The first-order valence-corrected chi connectivity index (χ1v) is 27.5. The zero-order valence-corrected chi connectivity index (χ0v) is 25.4. The van der Waals surface area contributed by atoms with E-state index < -0.39 is 29.4 Å². The van der Waals surface area contributed by atoms with Crippen molar-refractivity contribution in [3.8, 4) is 22.4 Å². The second kappa shape index (κ2) is 7.76. The molecular formula is C27H39NSi4. The fourth-order valence-electron chi connectivity index (χ4n) is 7.85. The normalized spacial score (nSPS) is 14.3. The Labute approximate surface area is 198 Å². The highest BCUT2D eigenvalue weighted by Crippen LogP contribution is 2.41. The topological polar surface area (TPSA) is 12.9 Å². The maximum absolute atomic E-state index is 5.20. The van der Waals surface area contributed by atoms with Gasteiger partial charge in [-0.05, 0) is 39.9 Å². The van der Waals surface area contributed by atoms with Crippen LogP contribution in [0.15, 0.2) is 60.8 Å². The van der Waals surface area contributed by atoms with Crippen LogP contribution >= 0.6 is 0 Å². The van der Waals surface area contributed by atoms with E-state index in [2.05, 4.69) is 120 Å². The van der Waals surface area contributed by atoms with Crippen molar-refractivity contribution in [1.82, 2.24) is 4.98 Å². The monoisotopic (exact) mass is 489 g/mol. The van der Waals surface area contributed by atoms with Crippen molar-refractivity contribution in [3.63, 3.8) is 0 Å². The number of hydrogen-bond donors (Lipinski definition) is 0. The molecule has 1 heterocycles. The molecule has 3 aromatic rings. The van der Waals surface area contributed by atoms with Gasteiger partial charge in [-0.1, -0.05) is 107 Å². The van der Waals surface area contributed by atoms with Crippen LogP contribution in [0.4, 0.5) is 0 Å². The first-order valence-electron chi connectivity index (χ1n) is 12.0. The molecule has 0 N–H and O–H groups in total. The van der Waals surface area contributed by atoms with Crippen molar-refractivity contribution in [1.29, 1.82) is 0 Å². The minimum Gasteiger partial charge on any atom is -0.256 e. The summed E-state index contributed by atoms with van der Waals surface area (Å²) >= 11 is 0. The Morgan fingerprint density at radius 2 is 1.16 bits per heavy atom. The summed E-state index contributed by atoms with van der Waals surface area (Å²) in [5.41, 5.74) is 8.12. The fourth-order valence-corrected chi connectivity index (χ4v) is 108. The summed E-state index contributed by atoms with van der Waals surface area (Å²) in [4.78, 5) is 5.20. The van der Waals surface area contributed by atoms with Crippen LogP contribution in [0, 0.1) is 0 Å². The molecule has 0 aliphatic heterocycles. The molecule has 32 heavy (non-hydrogen) atoms. The van der Waals surface area contributed by atoms with Crippen molar-refractivity contribution in [2.75, 3.05) is 0 Å². The van der Waals surface area contributed by atoms with E-state index in [1.807, 2.05) is 0 Å². The van der Waals surface area contributed by atoms with Gasteiger partial charge in [-0.2, -0.15) is 0 Å². The molecule has 0 bridgehead atoms. The summed E-state index contributed by atoms with van der Waals surface area (Å²) in [6, 6.07) is 20.5. The lowest BCUT2D eigenvalue weighted by atomic mass is 9.99. The predicted molar refractivity (Wildman–Crippen MR) is 153 cm³/mol. The van der Waals surface area contributed by atoms with Gasteiger partial charge in [0, 0.05) is 34.5 Å². The lowest BCUT2D eigenvalue weighted by Crippen LogP contribution is -2.88. The number of aromatic nitrogens is 1. The minimum absolute atomic E-state index is 1.02. The van der Waals surface area contributed by atoms with Gasteiger partial charge in [0.15, 0.2) is 0 Å². The van der Waals surface area contributed by atoms with E-state index in [1.54, 1.807) is 5.19 Å². The van der Waals surface area contributed by atoms with Gasteiger partial charge in [0.1, 0.15) is 0 Å². The molecule has 4 rings (SSSR count). The third-order valence-corrected chi connectivity index (χ3v) is 79.0. The van der Waals surface area contributed by atoms with Crippen molar-refractivity contribution in [2.45, 2.75) is 65.3 Å². The number of pyridine rings is 1. The van der Waals surface area contributed by atoms with E-state index in [0.717, 1.165) is 12.1 Å². The fraction of sp³-hybridized carbons (Fsp3) is 0.370. The van der Waals surface area contributed by atoms with Gasteiger partial charge >= 0.3 is 0 Å².